The Hall–Kier alpha value is -1.46. The zero-order valence-corrected chi connectivity index (χ0v) is 11.7. The molecule has 2 aromatic heterocycles. The molecule has 2 heterocycles. The number of hydrogen-bond acceptors (Lipinski definition) is 5. The van der Waals surface area contributed by atoms with Gasteiger partial charge in [0.15, 0.2) is 5.60 Å². The van der Waals surface area contributed by atoms with Crippen LogP contribution in [0.25, 0.3) is 10.2 Å². The van der Waals surface area contributed by atoms with Crippen molar-refractivity contribution in [2.24, 2.45) is 0 Å². The second-order valence-electron chi connectivity index (χ2n) is 4.62. The normalized spacial score (nSPS) is 17.3. The predicted octanol–water partition coefficient (Wildman–Crippen LogP) is 3.07. The molecule has 4 nitrogen and oxygen atoms in total. The third kappa shape index (κ3) is 2.13. The first-order valence-corrected chi connectivity index (χ1v) is 6.96. The number of ketones is 1. The Morgan fingerprint density at radius 1 is 1.47 bits per heavy atom. The summed E-state index contributed by atoms with van der Waals surface area (Å²) in [5.74, 6) is -0.277. The Bertz CT molecular complexity index is 686. The molecule has 1 saturated carbocycles. The Morgan fingerprint density at radius 2 is 2.21 bits per heavy atom. The summed E-state index contributed by atoms with van der Waals surface area (Å²) in [5, 5.41) is 1.36. The maximum absolute atomic E-state index is 11.3. The summed E-state index contributed by atoms with van der Waals surface area (Å²) in [6.45, 7) is 1.35. The summed E-state index contributed by atoms with van der Waals surface area (Å²) in [4.78, 5) is 28.4. The Morgan fingerprint density at radius 3 is 2.84 bits per heavy atom. The zero-order chi connectivity index (χ0) is 13.6. The number of thiophene rings is 1. The summed E-state index contributed by atoms with van der Waals surface area (Å²) in [7, 11) is 0. The quantitative estimate of drug-likeness (QED) is 0.631. The number of esters is 1. The molecule has 2 aromatic rings. The number of nitrogens with zero attached hydrogens (tertiary/aromatic N) is 1. The van der Waals surface area contributed by atoms with Gasteiger partial charge in [-0.15, -0.1) is 11.3 Å². The average molecular weight is 296 g/mol. The second kappa shape index (κ2) is 4.28. The molecule has 0 bridgehead atoms. The molecule has 0 spiro atoms. The number of aromatic nitrogens is 1. The van der Waals surface area contributed by atoms with Crippen LogP contribution in [-0.4, -0.2) is 16.7 Å². The molecule has 3 rings (SSSR count). The molecule has 0 amide bonds. The Labute approximate surface area is 118 Å². The third-order valence-corrected chi connectivity index (χ3v) is 4.54. The van der Waals surface area contributed by atoms with Crippen molar-refractivity contribution in [2.45, 2.75) is 25.4 Å². The molecule has 6 heteroatoms. The zero-order valence-electron chi connectivity index (χ0n) is 10.1. The molecule has 0 atom stereocenters. The summed E-state index contributed by atoms with van der Waals surface area (Å²) >= 11 is 7.27. The van der Waals surface area contributed by atoms with Gasteiger partial charge in [-0.2, -0.15) is 0 Å². The van der Waals surface area contributed by atoms with Gasteiger partial charge in [0.05, 0.1) is 17.7 Å². The topological polar surface area (TPSA) is 56.3 Å². The predicted molar refractivity (Wildman–Crippen MR) is 72.3 cm³/mol. The lowest BCUT2D eigenvalue weighted by Crippen LogP contribution is -2.44. The fourth-order valence-corrected chi connectivity index (χ4v) is 3.63. The first kappa shape index (κ1) is 12.6. The van der Waals surface area contributed by atoms with Gasteiger partial charge in [0.2, 0.25) is 0 Å². The third-order valence-electron chi connectivity index (χ3n) is 3.10. The molecule has 98 valence electrons. The summed E-state index contributed by atoms with van der Waals surface area (Å²) in [6, 6.07) is 5.50. The molecule has 0 N–H and O–H groups in total. The molecule has 0 aliphatic heterocycles. The van der Waals surface area contributed by atoms with E-state index in [1.807, 2.05) is 12.1 Å². The first-order valence-electron chi connectivity index (χ1n) is 5.76. The van der Waals surface area contributed by atoms with Crippen molar-refractivity contribution in [1.29, 1.82) is 0 Å². The highest BCUT2D eigenvalue weighted by Crippen LogP contribution is 2.46. The summed E-state index contributed by atoms with van der Waals surface area (Å²) in [6.07, 6.45) is 0.486. The highest BCUT2D eigenvalue weighted by atomic mass is 35.5. The van der Waals surface area contributed by atoms with Gasteiger partial charge in [-0.05, 0) is 18.2 Å². The van der Waals surface area contributed by atoms with Crippen LogP contribution in [0.4, 0.5) is 0 Å². The second-order valence-corrected chi connectivity index (χ2v) is 6.04. The van der Waals surface area contributed by atoms with E-state index in [4.69, 9.17) is 16.3 Å². The molecule has 0 saturated heterocycles. The minimum Gasteiger partial charge on any atom is -0.453 e. The number of ether oxygens (including phenoxy) is 1. The van der Waals surface area contributed by atoms with E-state index in [1.54, 1.807) is 6.07 Å². The monoisotopic (exact) mass is 295 g/mol. The van der Waals surface area contributed by atoms with Crippen LogP contribution in [0.2, 0.25) is 5.15 Å². The van der Waals surface area contributed by atoms with Crippen molar-refractivity contribution in [3.05, 3.63) is 28.2 Å². The van der Waals surface area contributed by atoms with Gasteiger partial charge in [-0.1, -0.05) is 11.6 Å². The number of halogens is 1. The fraction of sp³-hybridized carbons (Fsp3) is 0.308. The van der Waals surface area contributed by atoms with E-state index in [2.05, 4.69) is 4.98 Å². The number of fused-ring (bicyclic) bond motifs is 1. The fourth-order valence-electron chi connectivity index (χ4n) is 2.28. The van der Waals surface area contributed by atoms with Gasteiger partial charge in [-0.3, -0.25) is 9.59 Å². The number of Topliss-reactive ketones (excluding diaryl/α,β-unsaturated/α-hetero) is 1. The van der Waals surface area contributed by atoms with E-state index in [1.165, 1.54) is 18.3 Å². The van der Waals surface area contributed by atoms with E-state index < -0.39 is 5.60 Å². The van der Waals surface area contributed by atoms with Crippen LogP contribution in [0, 0.1) is 0 Å². The summed E-state index contributed by atoms with van der Waals surface area (Å²) < 4.78 is 5.38. The van der Waals surface area contributed by atoms with Crippen LogP contribution < -0.4 is 0 Å². The van der Waals surface area contributed by atoms with E-state index in [9.17, 15) is 9.59 Å². The number of carbonyl (C=O) groups excluding carboxylic acids is 2. The molecule has 1 fully saturated rings. The average Bonchev–Trinajstić information content (AvgIpc) is 2.68. The van der Waals surface area contributed by atoms with E-state index in [0.717, 1.165) is 15.1 Å². The van der Waals surface area contributed by atoms with Gasteiger partial charge >= 0.3 is 5.97 Å². The van der Waals surface area contributed by atoms with Crippen LogP contribution >= 0.6 is 22.9 Å². The van der Waals surface area contributed by atoms with Crippen LogP contribution in [0.5, 0.6) is 0 Å². The van der Waals surface area contributed by atoms with E-state index in [0.29, 0.717) is 5.15 Å². The van der Waals surface area contributed by atoms with Crippen molar-refractivity contribution in [2.75, 3.05) is 0 Å². The molecule has 1 aliphatic carbocycles. The van der Waals surface area contributed by atoms with Crippen LogP contribution in [-0.2, 0) is 19.9 Å². The number of pyridine rings is 1. The lowest BCUT2D eigenvalue weighted by molar-refractivity contribution is -0.172. The van der Waals surface area contributed by atoms with Crippen LogP contribution in [0.15, 0.2) is 18.2 Å². The molecule has 0 aromatic carbocycles. The lowest BCUT2D eigenvalue weighted by Gasteiger charge is -2.38. The van der Waals surface area contributed by atoms with Gasteiger partial charge in [0.1, 0.15) is 15.8 Å². The number of hydrogen-bond donors (Lipinski definition) is 0. The highest BCUT2D eigenvalue weighted by molar-refractivity contribution is 7.18. The highest BCUT2D eigenvalue weighted by Gasteiger charge is 2.49. The minimum atomic E-state index is -0.791. The molecular weight excluding hydrogens is 286 g/mol. The van der Waals surface area contributed by atoms with Gasteiger partial charge in [-0.25, -0.2) is 4.98 Å². The molecule has 1 aliphatic rings. The smallest absolute Gasteiger partial charge is 0.303 e. The molecule has 19 heavy (non-hydrogen) atoms. The summed E-state index contributed by atoms with van der Waals surface area (Å²) in [5.41, 5.74) is -0.791. The van der Waals surface area contributed by atoms with Gasteiger partial charge in [0.25, 0.3) is 0 Å². The Balaban J connectivity index is 2.05. The minimum absolute atomic E-state index is 0.102. The Kier molecular flexibility index (Phi) is 2.83. The SMILES string of the molecule is CC(=O)OC1(c2cc3ccc(Cl)nc3s2)CC(=O)C1. The van der Waals surface area contributed by atoms with Crippen LogP contribution in [0.1, 0.15) is 24.6 Å². The molecule has 0 radical (unpaired) electrons. The maximum atomic E-state index is 11.3. The van der Waals surface area contributed by atoms with E-state index in [-0.39, 0.29) is 24.6 Å². The van der Waals surface area contributed by atoms with Crippen molar-refractivity contribution >= 4 is 44.9 Å². The van der Waals surface area contributed by atoms with Crippen molar-refractivity contribution in [3.8, 4) is 0 Å². The maximum Gasteiger partial charge on any atom is 0.303 e. The molecular formula is C13H10ClNO3S. The van der Waals surface area contributed by atoms with E-state index >= 15 is 0 Å². The number of carbonyl (C=O) groups is 2. The van der Waals surface area contributed by atoms with Gasteiger partial charge in [0, 0.05) is 12.3 Å². The van der Waals surface area contributed by atoms with Crippen molar-refractivity contribution in [3.63, 3.8) is 0 Å². The standard InChI is InChI=1S/C13H10ClNO3S/c1-7(16)18-13(5-9(17)6-13)10-4-8-2-3-11(14)15-12(8)19-10/h2-4H,5-6H2,1H3. The van der Waals surface area contributed by atoms with Gasteiger partial charge < -0.3 is 4.74 Å². The van der Waals surface area contributed by atoms with Crippen molar-refractivity contribution in [1.82, 2.24) is 4.98 Å². The largest absolute Gasteiger partial charge is 0.453 e. The first-order chi connectivity index (χ1) is 8.98. The van der Waals surface area contributed by atoms with Crippen molar-refractivity contribution < 1.29 is 14.3 Å². The lowest BCUT2D eigenvalue weighted by atomic mass is 9.77. The molecule has 0 unspecified atom stereocenters. The van der Waals surface area contributed by atoms with Crippen LogP contribution in [0.3, 0.4) is 0 Å². The number of rotatable bonds is 2.